The Morgan fingerprint density at radius 1 is 0.938 bits per heavy atom. The van der Waals surface area contributed by atoms with Crippen LogP contribution in [0.2, 0.25) is 5.02 Å². The van der Waals surface area contributed by atoms with Crippen molar-refractivity contribution in [2.75, 3.05) is 45.8 Å². The second kappa shape index (κ2) is 10.9. The van der Waals surface area contributed by atoms with Gasteiger partial charge < -0.3 is 15.1 Å². The van der Waals surface area contributed by atoms with Crippen molar-refractivity contribution in [1.82, 2.24) is 20.0 Å². The standard InChI is InChI=1S/C25H31ClN4O2/c26-22-8-6-21(7-9-22)25(32)30(19-24(31)29-16-12-27-13-17-29)23-10-14-28(15-11-23)18-20-4-2-1-3-5-20/h1-9,23,27H,10-19H2. The highest BCUT2D eigenvalue weighted by atomic mass is 35.5. The number of hydrogen-bond acceptors (Lipinski definition) is 4. The summed E-state index contributed by atoms with van der Waals surface area (Å²) in [6, 6.07) is 17.5. The van der Waals surface area contributed by atoms with Gasteiger partial charge in [-0.1, -0.05) is 41.9 Å². The number of amides is 2. The molecule has 0 bridgehead atoms. The molecule has 0 saturated carbocycles. The second-order valence-corrected chi connectivity index (χ2v) is 9.00. The SMILES string of the molecule is O=C(CN(C(=O)c1ccc(Cl)cc1)C1CCN(Cc2ccccc2)CC1)N1CCNCC1. The molecule has 7 heteroatoms. The lowest BCUT2D eigenvalue weighted by Crippen LogP contribution is -2.54. The summed E-state index contributed by atoms with van der Waals surface area (Å²) in [4.78, 5) is 32.5. The van der Waals surface area contributed by atoms with Crippen molar-refractivity contribution < 1.29 is 9.59 Å². The van der Waals surface area contributed by atoms with E-state index in [1.807, 2.05) is 11.0 Å². The largest absolute Gasteiger partial charge is 0.339 e. The monoisotopic (exact) mass is 454 g/mol. The Kier molecular flexibility index (Phi) is 7.79. The van der Waals surface area contributed by atoms with Gasteiger partial charge in [0, 0.05) is 62.4 Å². The molecule has 170 valence electrons. The average molecular weight is 455 g/mol. The first kappa shape index (κ1) is 22.8. The maximum atomic E-state index is 13.4. The summed E-state index contributed by atoms with van der Waals surface area (Å²) in [5.74, 6) is -0.0628. The Hall–Kier alpha value is -2.41. The highest BCUT2D eigenvalue weighted by Gasteiger charge is 2.31. The fraction of sp³-hybridized carbons (Fsp3) is 0.440. The first-order valence-corrected chi connectivity index (χ1v) is 11.8. The fourth-order valence-electron chi connectivity index (χ4n) is 4.52. The molecule has 4 rings (SSSR count). The fourth-order valence-corrected chi connectivity index (χ4v) is 4.64. The van der Waals surface area contributed by atoms with E-state index in [9.17, 15) is 9.59 Å². The van der Waals surface area contributed by atoms with E-state index in [1.165, 1.54) is 5.56 Å². The number of piperidine rings is 1. The van der Waals surface area contributed by atoms with Crippen molar-refractivity contribution in [3.05, 3.63) is 70.7 Å². The minimum Gasteiger partial charge on any atom is -0.339 e. The summed E-state index contributed by atoms with van der Waals surface area (Å²) in [6.45, 7) is 5.85. The zero-order valence-electron chi connectivity index (χ0n) is 18.4. The van der Waals surface area contributed by atoms with Gasteiger partial charge in [0.25, 0.3) is 5.91 Å². The first-order valence-electron chi connectivity index (χ1n) is 11.4. The smallest absolute Gasteiger partial charge is 0.254 e. The lowest BCUT2D eigenvalue weighted by atomic mass is 10.0. The number of hydrogen-bond donors (Lipinski definition) is 1. The molecule has 0 aromatic heterocycles. The molecule has 2 aromatic rings. The molecular weight excluding hydrogens is 424 g/mol. The summed E-state index contributed by atoms with van der Waals surface area (Å²) >= 11 is 6.02. The number of nitrogens with zero attached hydrogens (tertiary/aromatic N) is 3. The molecule has 0 radical (unpaired) electrons. The van der Waals surface area contributed by atoms with E-state index in [0.29, 0.717) is 23.7 Å². The van der Waals surface area contributed by atoms with E-state index < -0.39 is 0 Å². The van der Waals surface area contributed by atoms with Crippen LogP contribution in [-0.2, 0) is 11.3 Å². The molecule has 0 spiro atoms. The predicted octanol–water partition coefficient (Wildman–Crippen LogP) is 2.88. The van der Waals surface area contributed by atoms with Crippen LogP contribution in [0.3, 0.4) is 0 Å². The normalized spacial score (nSPS) is 17.8. The van der Waals surface area contributed by atoms with Crippen LogP contribution in [-0.4, -0.2) is 78.4 Å². The molecule has 1 N–H and O–H groups in total. The molecule has 2 aromatic carbocycles. The van der Waals surface area contributed by atoms with Crippen molar-refractivity contribution >= 4 is 23.4 Å². The van der Waals surface area contributed by atoms with Gasteiger partial charge in [0.05, 0.1) is 0 Å². The number of nitrogens with one attached hydrogen (secondary N) is 1. The quantitative estimate of drug-likeness (QED) is 0.729. The van der Waals surface area contributed by atoms with Gasteiger partial charge in [-0.15, -0.1) is 0 Å². The minimum absolute atomic E-state index is 0.0283. The van der Waals surface area contributed by atoms with Crippen molar-refractivity contribution in [2.45, 2.75) is 25.4 Å². The first-order chi connectivity index (χ1) is 15.6. The Morgan fingerprint density at radius 2 is 1.59 bits per heavy atom. The van der Waals surface area contributed by atoms with E-state index in [4.69, 9.17) is 11.6 Å². The van der Waals surface area contributed by atoms with Crippen LogP contribution in [0.1, 0.15) is 28.8 Å². The third-order valence-electron chi connectivity index (χ3n) is 6.37. The molecule has 0 aliphatic carbocycles. The van der Waals surface area contributed by atoms with Gasteiger partial charge in [0.2, 0.25) is 5.91 Å². The van der Waals surface area contributed by atoms with E-state index >= 15 is 0 Å². The third kappa shape index (κ3) is 5.88. The van der Waals surface area contributed by atoms with Gasteiger partial charge >= 0.3 is 0 Å². The summed E-state index contributed by atoms with van der Waals surface area (Å²) in [5, 5.41) is 3.87. The van der Waals surface area contributed by atoms with Gasteiger partial charge in [-0.05, 0) is 42.7 Å². The number of carbonyl (C=O) groups excluding carboxylic acids is 2. The van der Waals surface area contributed by atoms with E-state index in [2.05, 4.69) is 34.5 Å². The molecule has 2 heterocycles. The molecule has 2 fully saturated rings. The number of piperazine rings is 1. The number of rotatable bonds is 6. The molecule has 6 nitrogen and oxygen atoms in total. The summed E-state index contributed by atoms with van der Waals surface area (Å²) < 4.78 is 0. The second-order valence-electron chi connectivity index (χ2n) is 8.56. The zero-order chi connectivity index (χ0) is 22.3. The molecule has 2 saturated heterocycles. The molecule has 0 unspecified atom stereocenters. The number of benzene rings is 2. The van der Waals surface area contributed by atoms with Gasteiger partial charge in [-0.3, -0.25) is 14.5 Å². The lowest BCUT2D eigenvalue weighted by molar-refractivity contribution is -0.133. The number of halogens is 1. The maximum absolute atomic E-state index is 13.4. The summed E-state index contributed by atoms with van der Waals surface area (Å²) in [5.41, 5.74) is 1.88. The Labute approximate surface area is 195 Å². The predicted molar refractivity (Wildman–Crippen MR) is 127 cm³/mol. The minimum atomic E-state index is -0.0911. The third-order valence-corrected chi connectivity index (χ3v) is 6.63. The van der Waals surface area contributed by atoms with Crippen LogP contribution < -0.4 is 5.32 Å². The van der Waals surface area contributed by atoms with Crippen molar-refractivity contribution in [2.24, 2.45) is 0 Å². The molecule has 2 amide bonds. The molecule has 2 aliphatic heterocycles. The zero-order valence-corrected chi connectivity index (χ0v) is 19.1. The van der Waals surface area contributed by atoms with Gasteiger partial charge in [0.1, 0.15) is 6.54 Å². The highest BCUT2D eigenvalue weighted by molar-refractivity contribution is 6.30. The highest BCUT2D eigenvalue weighted by Crippen LogP contribution is 2.22. The Balaban J connectivity index is 1.44. The Morgan fingerprint density at radius 3 is 2.25 bits per heavy atom. The Bertz CT molecular complexity index is 892. The van der Waals surface area contributed by atoms with Crippen LogP contribution in [0.25, 0.3) is 0 Å². The topological polar surface area (TPSA) is 55.9 Å². The summed E-state index contributed by atoms with van der Waals surface area (Å²) in [6.07, 6.45) is 1.72. The molecule has 0 atom stereocenters. The van der Waals surface area contributed by atoms with E-state index in [0.717, 1.165) is 45.6 Å². The van der Waals surface area contributed by atoms with Crippen molar-refractivity contribution in [3.8, 4) is 0 Å². The van der Waals surface area contributed by atoms with Gasteiger partial charge in [-0.2, -0.15) is 0 Å². The number of likely N-dealkylation sites (tertiary alicyclic amines) is 1. The maximum Gasteiger partial charge on any atom is 0.254 e. The molecular formula is C25H31ClN4O2. The van der Waals surface area contributed by atoms with Gasteiger partial charge in [-0.25, -0.2) is 0 Å². The van der Waals surface area contributed by atoms with E-state index in [-0.39, 0.29) is 24.4 Å². The van der Waals surface area contributed by atoms with Gasteiger partial charge in [0.15, 0.2) is 0 Å². The van der Waals surface area contributed by atoms with Crippen LogP contribution >= 0.6 is 11.6 Å². The van der Waals surface area contributed by atoms with Crippen molar-refractivity contribution in [3.63, 3.8) is 0 Å². The average Bonchev–Trinajstić information content (AvgIpc) is 2.84. The number of carbonyl (C=O) groups is 2. The lowest BCUT2D eigenvalue weighted by Gasteiger charge is -2.39. The van der Waals surface area contributed by atoms with Crippen molar-refractivity contribution in [1.29, 1.82) is 0 Å². The van der Waals surface area contributed by atoms with E-state index in [1.54, 1.807) is 29.2 Å². The molecule has 32 heavy (non-hydrogen) atoms. The van der Waals surface area contributed by atoms with Crippen LogP contribution in [0, 0.1) is 0 Å². The van der Waals surface area contributed by atoms with Crippen LogP contribution in [0.4, 0.5) is 0 Å². The summed E-state index contributed by atoms with van der Waals surface area (Å²) in [7, 11) is 0. The van der Waals surface area contributed by atoms with Crippen LogP contribution in [0.15, 0.2) is 54.6 Å². The molecule has 2 aliphatic rings. The van der Waals surface area contributed by atoms with Crippen LogP contribution in [0.5, 0.6) is 0 Å².